The minimum atomic E-state index is -0.850. The summed E-state index contributed by atoms with van der Waals surface area (Å²) in [5, 5.41) is 14.5. The lowest BCUT2D eigenvalue weighted by Crippen LogP contribution is -2.05. The minimum Gasteiger partial charge on any atom is -0.481 e. The molecule has 0 aliphatic heterocycles. The molecule has 0 saturated carbocycles. The van der Waals surface area contributed by atoms with E-state index in [0.717, 1.165) is 22.2 Å². The quantitative estimate of drug-likeness (QED) is 0.793. The van der Waals surface area contributed by atoms with Gasteiger partial charge in [0.25, 0.3) is 0 Å². The summed E-state index contributed by atoms with van der Waals surface area (Å²) < 4.78 is 3.68. The maximum absolute atomic E-state index is 10.8. The van der Waals surface area contributed by atoms with Crippen LogP contribution in [-0.2, 0) is 25.3 Å². The Balaban J connectivity index is 2.14. The Bertz CT molecular complexity index is 799. The molecule has 3 rings (SSSR count). The van der Waals surface area contributed by atoms with Crippen LogP contribution in [0.1, 0.15) is 5.69 Å². The van der Waals surface area contributed by atoms with E-state index >= 15 is 0 Å². The Labute approximate surface area is 116 Å². The Morgan fingerprint density at radius 2 is 2.05 bits per heavy atom. The second-order valence-corrected chi connectivity index (χ2v) is 4.89. The number of aromatic nitrogens is 3. The van der Waals surface area contributed by atoms with Gasteiger partial charge in [-0.05, 0) is 12.1 Å². The first-order valence-electron chi connectivity index (χ1n) is 6.35. The van der Waals surface area contributed by atoms with Gasteiger partial charge in [0, 0.05) is 42.5 Å². The van der Waals surface area contributed by atoms with Crippen LogP contribution in [0.5, 0.6) is 0 Å². The van der Waals surface area contributed by atoms with E-state index in [9.17, 15) is 4.79 Å². The zero-order chi connectivity index (χ0) is 14.3. The van der Waals surface area contributed by atoms with E-state index in [0.29, 0.717) is 5.69 Å². The Morgan fingerprint density at radius 1 is 1.30 bits per heavy atom. The Kier molecular flexibility index (Phi) is 2.82. The topological polar surface area (TPSA) is 60.0 Å². The van der Waals surface area contributed by atoms with E-state index < -0.39 is 5.97 Å². The predicted octanol–water partition coefficient (Wildman–Crippen LogP) is 2.21. The summed E-state index contributed by atoms with van der Waals surface area (Å²) in [6.07, 6.45) is 2.01. The van der Waals surface area contributed by atoms with Crippen LogP contribution in [0.2, 0.25) is 0 Å². The molecule has 20 heavy (non-hydrogen) atoms. The molecule has 0 saturated heterocycles. The fraction of sp³-hybridized carbons (Fsp3) is 0.200. The van der Waals surface area contributed by atoms with Gasteiger partial charge in [0.15, 0.2) is 0 Å². The number of rotatable bonds is 3. The van der Waals surface area contributed by atoms with Crippen molar-refractivity contribution < 1.29 is 9.90 Å². The molecule has 0 atom stereocenters. The molecule has 1 aromatic carbocycles. The predicted molar refractivity (Wildman–Crippen MR) is 76.5 cm³/mol. The number of aliphatic carboxylic acids is 1. The third-order valence-corrected chi connectivity index (χ3v) is 3.48. The number of aryl methyl sites for hydroxylation is 2. The minimum absolute atomic E-state index is 0.0196. The van der Waals surface area contributed by atoms with Gasteiger partial charge in [0.05, 0.1) is 12.1 Å². The number of benzene rings is 1. The third kappa shape index (κ3) is 1.97. The number of hydrogen-bond acceptors (Lipinski definition) is 2. The van der Waals surface area contributed by atoms with E-state index in [1.165, 1.54) is 0 Å². The van der Waals surface area contributed by atoms with Gasteiger partial charge >= 0.3 is 5.97 Å². The average Bonchev–Trinajstić information content (AvgIpc) is 2.92. The lowest BCUT2D eigenvalue weighted by atomic mass is 10.1. The van der Waals surface area contributed by atoms with E-state index in [4.69, 9.17) is 5.11 Å². The molecule has 0 aliphatic carbocycles. The maximum Gasteiger partial charge on any atom is 0.309 e. The molecule has 3 aromatic rings. The molecule has 0 aliphatic rings. The van der Waals surface area contributed by atoms with Crippen LogP contribution in [-0.4, -0.2) is 25.4 Å². The molecule has 0 amide bonds. The van der Waals surface area contributed by atoms with Gasteiger partial charge in [0.1, 0.15) is 0 Å². The first kappa shape index (κ1) is 12.5. The van der Waals surface area contributed by atoms with E-state index in [2.05, 4.69) is 21.8 Å². The Hall–Kier alpha value is -2.56. The molecule has 5 heteroatoms. The molecular formula is C15H15N3O2. The molecule has 2 aromatic heterocycles. The molecule has 102 valence electrons. The van der Waals surface area contributed by atoms with Crippen molar-refractivity contribution in [1.82, 2.24) is 14.3 Å². The van der Waals surface area contributed by atoms with Gasteiger partial charge in [-0.1, -0.05) is 18.2 Å². The third-order valence-electron chi connectivity index (χ3n) is 3.48. The molecule has 0 fully saturated rings. The van der Waals surface area contributed by atoms with Gasteiger partial charge in [-0.2, -0.15) is 5.10 Å². The van der Waals surface area contributed by atoms with Gasteiger partial charge < -0.3 is 9.67 Å². The summed E-state index contributed by atoms with van der Waals surface area (Å²) >= 11 is 0. The maximum atomic E-state index is 10.8. The first-order chi connectivity index (χ1) is 9.56. The average molecular weight is 269 g/mol. The summed E-state index contributed by atoms with van der Waals surface area (Å²) in [5.41, 5.74) is 3.66. The van der Waals surface area contributed by atoms with Crippen molar-refractivity contribution in [2.24, 2.45) is 14.1 Å². The molecule has 2 heterocycles. The summed E-state index contributed by atoms with van der Waals surface area (Å²) in [5.74, 6) is -0.850. The van der Waals surface area contributed by atoms with Crippen molar-refractivity contribution in [3.8, 4) is 11.3 Å². The summed E-state index contributed by atoms with van der Waals surface area (Å²) in [6, 6.07) is 9.94. The largest absolute Gasteiger partial charge is 0.481 e. The SMILES string of the molecule is Cn1nc(-c2cn(C)c3ccccc23)cc1CC(=O)O. The van der Waals surface area contributed by atoms with Gasteiger partial charge in [-0.25, -0.2) is 0 Å². The van der Waals surface area contributed by atoms with Crippen LogP contribution in [0.15, 0.2) is 36.5 Å². The summed E-state index contributed by atoms with van der Waals surface area (Å²) in [7, 11) is 3.76. The highest BCUT2D eigenvalue weighted by Gasteiger charge is 2.14. The number of nitrogens with zero attached hydrogens (tertiary/aromatic N) is 3. The van der Waals surface area contributed by atoms with Gasteiger partial charge in [-0.15, -0.1) is 0 Å². The van der Waals surface area contributed by atoms with Crippen LogP contribution >= 0.6 is 0 Å². The highest BCUT2D eigenvalue weighted by molar-refractivity contribution is 5.95. The monoisotopic (exact) mass is 269 g/mol. The van der Waals surface area contributed by atoms with Crippen molar-refractivity contribution in [2.45, 2.75) is 6.42 Å². The van der Waals surface area contributed by atoms with Gasteiger partial charge in [0.2, 0.25) is 0 Å². The second-order valence-electron chi connectivity index (χ2n) is 4.89. The van der Waals surface area contributed by atoms with Crippen molar-refractivity contribution >= 4 is 16.9 Å². The van der Waals surface area contributed by atoms with Crippen LogP contribution in [0, 0.1) is 0 Å². The zero-order valence-corrected chi connectivity index (χ0v) is 11.4. The van der Waals surface area contributed by atoms with Crippen molar-refractivity contribution in [2.75, 3.05) is 0 Å². The van der Waals surface area contributed by atoms with Crippen LogP contribution in [0.3, 0.4) is 0 Å². The number of carboxylic acid groups (broad SMARTS) is 1. The highest BCUT2D eigenvalue weighted by atomic mass is 16.4. The smallest absolute Gasteiger partial charge is 0.309 e. The number of fused-ring (bicyclic) bond motifs is 1. The number of carbonyl (C=O) groups is 1. The summed E-state index contributed by atoms with van der Waals surface area (Å²) in [4.78, 5) is 10.8. The highest BCUT2D eigenvalue weighted by Crippen LogP contribution is 2.29. The molecule has 0 bridgehead atoms. The van der Waals surface area contributed by atoms with Crippen LogP contribution in [0.25, 0.3) is 22.2 Å². The van der Waals surface area contributed by atoms with E-state index in [-0.39, 0.29) is 6.42 Å². The van der Waals surface area contributed by atoms with E-state index in [1.807, 2.05) is 31.4 Å². The molecular weight excluding hydrogens is 254 g/mol. The first-order valence-corrected chi connectivity index (χ1v) is 6.35. The molecule has 5 nitrogen and oxygen atoms in total. The normalized spacial score (nSPS) is 11.1. The number of carboxylic acids is 1. The van der Waals surface area contributed by atoms with Gasteiger partial charge in [-0.3, -0.25) is 9.48 Å². The fourth-order valence-electron chi connectivity index (χ4n) is 2.50. The van der Waals surface area contributed by atoms with Crippen molar-refractivity contribution in [3.63, 3.8) is 0 Å². The zero-order valence-electron chi connectivity index (χ0n) is 11.4. The fourth-order valence-corrected chi connectivity index (χ4v) is 2.50. The van der Waals surface area contributed by atoms with Crippen LogP contribution in [0.4, 0.5) is 0 Å². The van der Waals surface area contributed by atoms with Crippen molar-refractivity contribution in [3.05, 3.63) is 42.2 Å². The summed E-state index contributed by atoms with van der Waals surface area (Å²) in [6.45, 7) is 0. The number of hydrogen-bond donors (Lipinski definition) is 1. The van der Waals surface area contributed by atoms with Crippen molar-refractivity contribution in [1.29, 1.82) is 0 Å². The van der Waals surface area contributed by atoms with E-state index in [1.54, 1.807) is 11.7 Å². The lowest BCUT2D eigenvalue weighted by molar-refractivity contribution is -0.136. The molecule has 1 N–H and O–H groups in total. The lowest BCUT2D eigenvalue weighted by Gasteiger charge is -1.95. The number of para-hydroxylation sites is 1. The van der Waals surface area contributed by atoms with Crippen LogP contribution < -0.4 is 0 Å². The standard InChI is InChI=1S/C15H15N3O2/c1-17-9-12(11-5-3-4-6-14(11)17)13-7-10(8-15(19)20)18(2)16-13/h3-7,9H,8H2,1-2H3,(H,19,20). The molecule has 0 radical (unpaired) electrons. The second kappa shape index (κ2) is 4.52. The molecule has 0 spiro atoms. The Morgan fingerprint density at radius 3 is 2.80 bits per heavy atom. The molecule has 0 unspecified atom stereocenters.